The first-order valence-electron chi connectivity index (χ1n) is 10.8. The first-order valence-corrected chi connectivity index (χ1v) is 10.8. The molecule has 1 aliphatic heterocycles. The number of hydrogen-bond acceptors (Lipinski definition) is 5. The Hall–Kier alpha value is -4.01. The fraction of sp³-hybridized carbons (Fsp3) is 0.250. The van der Waals surface area contributed by atoms with Gasteiger partial charge >= 0.3 is 0 Å². The van der Waals surface area contributed by atoms with Gasteiger partial charge in [0.25, 0.3) is 0 Å². The number of halogens is 1. The largest absolute Gasteiger partial charge is 0.496 e. The molecule has 5 rings (SSSR count). The van der Waals surface area contributed by atoms with E-state index in [1.165, 1.54) is 0 Å². The van der Waals surface area contributed by atoms with Crippen molar-refractivity contribution >= 4 is 22.4 Å². The van der Waals surface area contributed by atoms with Crippen LogP contribution in [0, 0.1) is 5.82 Å². The van der Waals surface area contributed by atoms with E-state index < -0.39 is 0 Å². The molecule has 0 spiro atoms. The molecule has 0 saturated heterocycles. The first-order chi connectivity index (χ1) is 16.2. The standard InChI is InChI=1S/C24H23FN6O2/c1-33-21-7-3-2-6-17(21)19-13-18(23(25)24-20(19)14-27-28-24)16-5-4-10-30(15-16)22(32)8-11-31-12-9-26-29-31/h2-3,5-7,9,12-14H,4,8,10-11,15H2,1H3,(H,27,28). The van der Waals surface area contributed by atoms with Gasteiger partial charge in [-0.3, -0.25) is 14.6 Å². The minimum atomic E-state index is -0.371. The summed E-state index contributed by atoms with van der Waals surface area (Å²) in [4.78, 5) is 14.6. The molecule has 8 nitrogen and oxygen atoms in total. The van der Waals surface area contributed by atoms with Crippen LogP contribution in [0.5, 0.6) is 5.75 Å². The van der Waals surface area contributed by atoms with Crippen LogP contribution in [-0.2, 0) is 11.3 Å². The number of nitrogens with zero attached hydrogens (tertiary/aromatic N) is 5. The molecule has 1 amide bonds. The quantitative estimate of drug-likeness (QED) is 0.488. The smallest absolute Gasteiger partial charge is 0.224 e. The Morgan fingerprint density at radius 3 is 2.94 bits per heavy atom. The van der Waals surface area contributed by atoms with Crippen molar-refractivity contribution in [3.05, 3.63) is 66.4 Å². The predicted molar refractivity (Wildman–Crippen MR) is 122 cm³/mol. The number of aryl methyl sites for hydroxylation is 1. The number of rotatable bonds is 6. The van der Waals surface area contributed by atoms with Gasteiger partial charge in [-0.1, -0.05) is 29.5 Å². The van der Waals surface area contributed by atoms with Crippen molar-refractivity contribution in [2.24, 2.45) is 0 Å². The number of para-hydroxylation sites is 1. The summed E-state index contributed by atoms with van der Waals surface area (Å²) in [6.07, 6.45) is 7.91. The van der Waals surface area contributed by atoms with E-state index in [4.69, 9.17) is 4.74 Å². The van der Waals surface area contributed by atoms with E-state index >= 15 is 4.39 Å². The summed E-state index contributed by atoms with van der Waals surface area (Å²) < 4.78 is 22.7. The number of amides is 1. The Morgan fingerprint density at radius 2 is 2.12 bits per heavy atom. The Balaban J connectivity index is 1.47. The van der Waals surface area contributed by atoms with Gasteiger partial charge in [0, 0.05) is 42.2 Å². The lowest BCUT2D eigenvalue weighted by Gasteiger charge is -2.28. The van der Waals surface area contributed by atoms with Crippen LogP contribution in [0.4, 0.5) is 4.39 Å². The third-order valence-electron chi connectivity index (χ3n) is 5.95. The second kappa shape index (κ2) is 8.85. The van der Waals surface area contributed by atoms with Gasteiger partial charge in [-0.15, -0.1) is 5.10 Å². The summed E-state index contributed by atoms with van der Waals surface area (Å²) >= 11 is 0. The summed E-state index contributed by atoms with van der Waals surface area (Å²) in [6.45, 7) is 1.41. The predicted octanol–water partition coefficient (Wildman–Crippen LogP) is 3.68. The number of carbonyl (C=O) groups is 1. The van der Waals surface area contributed by atoms with Crippen LogP contribution in [0.2, 0.25) is 0 Å². The summed E-state index contributed by atoms with van der Waals surface area (Å²) in [5.41, 5.74) is 3.25. The number of aromatic nitrogens is 5. The van der Waals surface area contributed by atoms with Crippen molar-refractivity contribution in [2.75, 3.05) is 20.2 Å². The number of benzene rings is 2. The maximum atomic E-state index is 15.6. The van der Waals surface area contributed by atoms with Gasteiger partial charge in [-0.2, -0.15) is 5.10 Å². The maximum Gasteiger partial charge on any atom is 0.224 e. The number of fused-ring (bicyclic) bond motifs is 1. The van der Waals surface area contributed by atoms with Crippen LogP contribution >= 0.6 is 0 Å². The molecule has 3 heterocycles. The van der Waals surface area contributed by atoms with Gasteiger partial charge in [-0.25, -0.2) is 4.39 Å². The second-order valence-corrected chi connectivity index (χ2v) is 7.89. The number of hydrogen-bond donors (Lipinski definition) is 1. The number of aromatic amines is 1. The van der Waals surface area contributed by atoms with E-state index in [9.17, 15) is 4.79 Å². The molecule has 2 aromatic carbocycles. The lowest BCUT2D eigenvalue weighted by atomic mass is 9.93. The molecule has 0 bridgehead atoms. The minimum absolute atomic E-state index is 0.00378. The van der Waals surface area contributed by atoms with Crippen molar-refractivity contribution in [3.63, 3.8) is 0 Å². The van der Waals surface area contributed by atoms with Gasteiger partial charge in [0.2, 0.25) is 5.91 Å². The molecule has 0 unspecified atom stereocenters. The number of carbonyl (C=O) groups excluding carboxylic acids is 1. The first kappa shape index (κ1) is 20.9. The molecular weight excluding hydrogens is 423 g/mol. The molecule has 168 valence electrons. The molecular formula is C24H23FN6O2. The Kier molecular flexibility index (Phi) is 5.60. The Morgan fingerprint density at radius 1 is 1.24 bits per heavy atom. The molecule has 0 atom stereocenters. The lowest BCUT2D eigenvalue weighted by Crippen LogP contribution is -2.36. The van der Waals surface area contributed by atoms with Crippen molar-refractivity contribution in [1.82, 2.24) is 30.1 Å². The van der Waals surface area contributed by atoms with E-state index in [1.807, 2.05) is 36.4 Å². The Bertz CT molecular complexity index is 1330. The van der Waals surface area contributed by atoms with Crippen LogP contribution in [0.3, 0.4) is 0 Å². The lowest BCUT2D eigenvalue weighted by molar-refractivity contribution is -0.131. The van der Waals surface area contributed by atoms with Crippen LogP contribution in [0.25, 0.3) is 27.6 Å². The van der Waals surface area contributed by atoms with Crippen LogP contribution in [0.15, 0.2) is 55.0 Å². The summed E-state index contributed by atoms with van der Waals surface area (Å²) in [5.74, 6) is 0.327. The van der Waals surface area contributed by atoms with Crippen molar-refractivity contribution in [2.45, 2.75) is 19.4 Å². The van der Waals surface area contributed by atoms with Gasteiger partial charge < -0.3 is 9.64 Å². The van der Waals surface area contributed by atoms with Crippen molar-refractivity contribution in [1.29, 1.82) is 0 Å². The van der Waals surface area contributed by atoms with Gasteiger partial charge in [0.15, 0.2) is 5.82 Å². The minimum Gasteiger partial charge on any atom is -0.496 e. The molecule has 4 aromatic rings. The highest BCUT2D eigenvalue weighted by Gasteiger charge is 2.24. The van der Waals surface area contributed by atoms with E-state index in [-0.39, 0.29) is 11.7 Å². The second-order valence-electron chi connectivity index (χ2n) is 7.89. The zero-order chi connectivity index (χ0) is 22.8. The van der Waals surface area contributed by atoms with E-state index in [0.29, 0.717) is 54.7 Å². The summed E-state index contributed by atoms with van der Waals surface area (Å²) in [5, 5.41) is 15.2. The number of ether oxygens (including phenoxy) is 1. The number of H-pyrrole nitrogens is 1. The molecule has 1 N–H and O–H groups in total. The van der Waals surface area contributed by atoms with Crippen molar-refractivity contribution in [3.8, 4) is 16.9 Å². The highest BCUT2D eigenvalue weighted by molar-refractivity contribution is 5.99. The monoisotopic (exact) mass is 446 g/mol. The topological polar surface area (TPSA) is 88.9 Å². The average Bonchev–Trinajstić information content (AvgIpc) is 3.56. The van der Waals surface area contributed by atoms with Crippen LogP contribution in [-0.4, -0.2) is 56.2 Å². The molecule has 0 aliphatic carbocycles. The zero-order valence-electron chi connectivity index (χ0n) is 18.2. The molecule has 0 fully saturated rings. The average molecular weight is 446 g/mol. The maximum absolute atomic E-state index is 15.6. The molecule has 2 aromatic heterocycles. The summed E-state index contributed by atoms with van der Waals surface area (Å²) in [7, 11) is 1.61. The highest BCUT2D eigenvalue weighted by atomic mass is 19.1. The van der Waals surface area contributed by atoms with Crippen molar-refractivity contribution < 1.29 is 13.9 Å². The van der Waals surface area contributed by atoms with Gasteiger partial charge in [0.1, 0.15) is 11.3 Å². The fourth-order valence-electron chi connectivity index (χ4n) is 4.27. The molecule has 33 heavy (non-hydrogen) atoms. The molecule has 9 heteroatoms. The van der Waals surface area contributed by atoms with Crippen LogP contribution < -0.4 is 4.74 Å². The molecule has 0 radical (unpaired) electrons. The third kappa shape index (κ3) is 3.97. The highest BCUT2D eigenvalue weighted by Crippen LogP contribution is 2.38. The van der Waals surface area contributed by atoms with Crippen LogP contribution in [0.1, 0.15) is 18.4 Å². The SMILES string of the molecule is COc1ccccc1-c1cc(C2=CCCN(C(=O)CCn3ccnn3)C2)c(F)c2[nH]ncc12. The molecule has 1 aliphatic rings. The van der Waals surface area contributed by atoms with E-state index in [0.717, 1.165) is 16.7 Å². The number of nitrogens with one attached hydrogen (secondary N) is 1. The zero-order valence-corrected chi connectivity index (χ0v) is 18.2. The molecule has 0 saturated carbocycles. The normalized spacial score (nSPS) is 13.9. The van der Waals surface area contributed by atoms with Gasteiger partial charge in [0.05, 0.1) is 26.0 Å². The summed E-state index contributed by atoms with van der Waals surface area (Å²) in [6, 6.07) is 9.46. The van der Waals surface area contributed by atoms with E-state index in [2.05, 4.69) is 20.5 Å². The fourth-order valence-corrected chi connectivity index (χ4v) is 4.27. The number of methoxy groups -OCH3 is 1. The van der Waals surface area contributed by atoms with E-state index in [1.54, 1.807) is 35.3 Å². The Labute approximate surface area is 189 Å². The van der Waals surface area contributed by atoms with Gasteiger partial charge in [-0.05, 0) is 29.7 Å². The third-order valence-corrected chi connectivity index (χ3v) is 5.95.